The molecular formula is C22H25N5O3. The van der Waals surface area contributed by atoms with Crippen molar-refractivity contribution in [2.24, 2.45) is 0 Å². The van der Waals surface area contributed by atoms with Gasteiger partial charge in [0, 0.05) is 31.0 Å². The number of likely N-dealkylation sites (tertiary alicyclic amines) is 1. The van der Waals surface area contributed by atoms with E-state index in [1.165, 1.54) is 0 Å². The van der Waals surface area contributed by atoms with E-state index >= 15 is 0 Å². The summed E-state index contributed by atoms with van der Waals surface area (Å²) in [5, 5.41) is 9.08. The SMILES string of the molecule is CC(C)(C)OC(=O)N1CC2OCCN(c3ccc(-c4cc(C#N)ccn4)cn3)C2C1. The number of carbonyl (C=O) groups excluding carboxylic acids is 1. The molecular weight excluding hydrogens is 382 g/mol. The summed E-state index contributed by atoms with van der Waals surface area (Å²) in [6.45, 7) is 7.93. The highest BCUT2D eigenvalue weighted by atomic mass is 16.6. The number of carbonyl (C=O) groups is 1. The van der Waals surface area contributed by atoms with Crippen LogP contribution < -0.4 is 4.90 Å². The molecule has 2 aromatic heterocycles. The number of aromatic nitrogens is 2. The lowest BCUT2D eigenvalue weighted by atomic mass is 10.1. The summed E-state index contributed by atoms with van der Waals surface area (Å²) in [5.74, 6) is 0.833. The lowest BCUT2D eigenvalue weighted by Crippen LogP contribution is -2.51. The molecule has 2 aliphatic rings. The highest BCUT2D eigenvalue weighted by Crippen LogP contribution is 2.29. The molecule has 8 nitrogen and oxygen atoms in total. The third-order valence-corrected chi connectivity index (χ3v) is 5.18. The standard InChI is InChI=1S/C22H25N5O3/c1-22(2,3)30-21(28)26-13-18-19(14-26)29-9-8-27(18)20-5-4-16(12-25-20)17-10-15(11-23)6-7-24-17/h4-7,10,12,18-19H,8-9,13-14H2,1-3H3. The monoisotopic (exact) mass is 407 g/mol. The fourth-order valence-electron chi connectivity index (χ4n) is 3.81. The highest BCUT2D eigenvalue weighted by Gasteiger charge is 2.43. The van der Waals surface area contributed by atoms with E-state index in [2.05, 4.69) is 20.9 Å². The zero-order chi connectivity index (χ0) is 21.3. The first-order valence-electron chi connectivity index (χ1n) is 10.0. The number of morpholine rings is 1. The maximum Gasteiger partial charge on any atom is 0.410 e. The maximum atomic E-state index is 12.5. The molecule has 2 atom stereocenters. The van der Waals surface area contributed by atoms with E-state index in [1.54, 1.807) is 29.4 Å². The second-order valence-electron chi connectivity index (χ2n) is 8.50. The predicted molar refractivity (Wildman–Crippen MR) is 111 cm³/mol. The predicted octanol–water partition coefficient (Wildman–Crippen LogP) is 2.84. The molecule has 0 bridgehead atoms. The van der Waals surface area contributed by atoms with Crippen molar-refractivity contribution in [1.29, 1.82) is 5.26 Å². The van der Waals surface area contributed by atoms with E-state index in [0.717, 1.165) is 11.4 Å². The second-order valence-corrected chi connectivity index (χ2v) is 8.50. The molecule has 0 spiro atoms. The van der Waals surface area contributed by atoms with Crippen LogP contribution in [0.25, 0.3) is 11.3 Å². The first-order chi connectivity index (χ1) is 14.3. The van der Waals surface area contributed by atoms with Gasteiger partial charge in [0.1, 0.15) is 11.4 Å². The van der Waals surface area contributed by atoms with Gasteiger partial charge < -0.3 is 19.3 Å². The minimum atomic E-state index is -0.528. The molecule has 2 fully saturated rings. The largest absolute Gasteiger partial charge is 0.444 e. The number of ether oxygens (including phenoxy) is 2. The summed E-state index contributed by atoms with van der Waals surface area (Å²) >= 11 is 0. The summed E-state index contributed by atoms with van der Waals surface area (Å²) in [6.07, 6.45) is 3.01. The number of nitrogens with zero attached hydrogens (tertiary/aromatic N) is 5. The Morgan fingerprint density at radius 2 is 2.10 bits per heavy atom. The van der Waals surface area contributed by atoms with Crippen molar-refractivity contribution in [3.8, 4) is 17.3 Å². The van der Waals surface area contributed by atoms with Crippen LogP contribution in [0, 0.1) is 11.3 Å². The lowest BCUT2D eigenvalue weighted by molar-refractivity contribution is 0.0162. The van der Waals surface area contributed by atoms with Crippen molar-refractivity contribution >= 4 is 11.9 Å². The molecule has 2 unspecified atom stereocenters. The van der Waals surface area contributed by atoms with Crippen LogP contribution in [0.3, 0.4) is 0 Å². The summed E-state index contributed by atoms with van der Waals surface area (Å²) in [7, 11) is 0. The number of hydrogen-bond donors (Lipinski definition) is 0. The van der Waals surface area contributed by atoms with E-state index in [1.807, 2.05) is 32.9 Å². The van der Waals surface area contributed by atoms with Crippen LogP contribution in [0.1, 0.15) is 26.3 Å². The topological polar surface area (TPSA) is 91.6 Å². The van der Waals surface area contributed by atoms with Gasteiger partial charge in [-0.05, 0) is 45.0 Å². The van der Waals surface area contributed by atoms with Crippen LogP contribution in [0.15, 0.2) is 36.7 Å². The van der Waals surface area contributed by atoms with Gasteiger partial charge >= 0.3 is 6.09 Å². The van der Waals surface area contributed by atoms with Gasteiger partial charge in [-0.25, -0.2) is 9.78 Å². The minimum absolute atomic E-state index is 0.0321. The molecule has 0 saturated carbocycles. The third-order valence-electron chi connectivity index (χ3n) is 5.18. The number of hydrogen-bond acceptors (Lipinski definition) is 7. The van der Waals surface area contributed by atoms with Gasteiger partial charge in [0.05, 0.1) is 42.6 Å². The molecule has 0 aliphatic carbocycles. The molecule has 2 aliphatic heterocycles. The Labute approximate surface area is 176 Å². The van der Waals surface area contributed by atoms with Crippen molar-refractivity contribution in [1.82, 2.24) is 14.9 Å². The zero-order valence-corrected chi connectivity index (χ0v) is 17.4. The Morgan fingerprint density at radius 1 is 1.27 bits per heavy atom. The molecule has 30 heavy (non-hydrogen) atoms. The number of fused-ring (bicyclic) bond motifs is 1. The van der Waals surface area contributed by atoms with Gasteiger partial charge in [0.2, 0.25) is 0 Å². The molecule has 0 aromatic carbocycles. The fourth-order valence-corrected chi connectivity index (χ4v) is 3.81. The quantitative estimate of drug-likeness (QED) is 0.756. The first kappa shape index (κ1) is 20.1. The van der Waals surface area contributed by atoms with Gasteiger partial charge in [-0.2, -0.15) is 5.26 Å². The van der Waals surface area contributed by atoms with E-state index in [9.17, 15) is 4.79 Å². The van der Waals surface area contributed by atoms with Crippen LogP contribution >= 0.6 is 0 Å². The summed E-state index contributed by atoms with van der Waals surface area (Å²) in [4.78, 5) is 25.4. The van der Waals surface area contributed by atoms with Gasteiger partial charge in [-0.3, -0.25) is 4.98 Å². The van der Waals surface area contributed by atoms with Gasteiger partial charge in [0.25, 0.3) is 0 Å². The Kier molecular flexibility index (Phi) is 5.31. The van der Waals surface area contributed by atoms with Crippen LogP contribution in [-0.4, -0.2) is 64.9 Å². The van der Waals surface area contributed by atoms with E-state index in [-0.39, 0.29) is 18.2 Å². The number of pyridine rings is 2. The fraction of sp³-hybridized carbons (Fsp3) is 0.455. The smallest absolute Gasteiger partial charge is 0.410 e. The van der Waals surface area contributed by atoms with Crippen LogP contribution in [0.4, 0.5) is 10.6 Å². The zero-order valence-electron chi connectivity index (χ0n) is 17.4. The normalized spacial score (nSPS) is 21.1. The maximum absolute atomic E-state index is 12.5. The van der Waals surface area contributed by atoms with E-state index in [0.29, 0.717) is 37.5 Å². The van der Waals surface area contributed by atoms with Gasteiger partial charge in [0.15, 0.2) is 0 Å². The second kappa shape index (κ2) is 7.92. The molecule has 156 valence electrons. The van der Waals surface area contributed by atoms with Crippen molar-refractivity contribution in [3.63, 3.8) is 0 Å². The molecule has 4 rings (SSSR count). The molecule has 0 radical (unpaired) electrons. The Balaban J connectivity index is 1.50. The molecule has 4 heterocycles. The molecule has 1 amide bonds. The summed E-state index contributed by atoms with van der Waals surface area (Å²) in [5.41, 5.74) is 1.60. The third kappa shape index (κ3) is 4.21. The number of rotatable bonds is 2. The Bertz CT molecular complexity index is 964. The van der Waals surface area contributed by atoms with E-state index < -0.39 is 5.60 Å². The summed E-state index contributed by atoms with van der Waals surface area (Å²) in [6, 6.07) is 9.49. The van der Waals surface area contributed by atoms with Crippen molar-refractivity contribution < 1.29 is 14.3 Å². The minimum Gasteiger partial charge on any atom is -0.444 e. The number of anilines is 1. The number of amides is 1. The van der Waals surface area contributed by atoms with Crippen LogP contribution in [0.2, 0.25) is 0 Å². The van der Waals surface area contributed by atoms with Crippen LogP contribution in [0.5, 0.6) is 0 Å². The van der Waals surface area contributed by atoms with Gasteiger partial charge in [-0.15, -0.1) is 0 Å². The first-order valence-corrected chi connectivity index (χ1v) is 10.0. The molecule has 2 saturated heterocycles. The Hall–Kier alpha value is -3.18. The Morgan fingerprint density at radius 3 is 2.80 bits per heavy atom. The summed E-state index contributed by atoms with van der Waals surface area (Å²) < 4.78 is 11.4. The molecule has 2 aromatic rings. The van der Waals surface area contributed by atoms with Crippen molar-refractivity contribution in [2.75, 3.05) is 31.1 Å². The van der Waals surface area contributed by atoms with Crippen molar-refractivity contribution in [3.05, 3.63) is 42.2 Å². The highest BCUT2D eigenvalue weighted by molar-refractivity contribution is 5.69. The number of nitriles is 1. The van der Waals surface area contributed by atoms with Crippen LogP contribution in [-0.2, 0) is 9.47 Å². The average Bonchev–Trinajstić information content (AvgIpc) is 3.17. The lowest BCUT2D eigenvalue weighted by Gasteiger charge is -2.37. The van der Waals surface area contributed by atoms with E-state index in [4.69, 9.17) is 14.7 Å². The van der Waals surface area contributed by atoms with Gasteiger partial charge in [-0.1, -0.05) is 0 Å². The average molecular weight is 407 g/mol. The van der Waals surface area contributed by atoms with Crippen molar-refractivity contribution in [2.45, 2.75) is 38.5 Å². The molecule has 8 heteroatoms. The molecule has 0 N–H and O–H groups in total.